The smallest absolute Gasteiger partial charge is 0.193 e. The van der Waals surface area contributed by atoms with Gasteiger partial charge in [-0.15, -0.1) is 0 Å². The lowest BCUT2D eigenvalue weighted by atomic mass is 9.69. The Hall–Kier alpha value is -3.86. The lowest BCUT2D eigenvalue weighted by Gasteiger charge is -2.44. The van der Waals surface area contributed by atoms with E-state index in [0.717, 1.165) is 69.2 Å². The van der Waals surface area contributed by atoms with E-state index < -0.39 is 5.54 Å². The molecular weight excluding hydrogens is 578 g/mol. The Kier molecular flexibility index (Phi) is 10.2. The molecule has 1 heterocycles. The van der Waals surface area contributed by atoms with Crippen molar-refractivity contribution in [2.45, 2.75) is 83.1 Å². The quantitative estimate of drug-likeness (QED) is 0.131. The lowest BCUT2D eigenvalue weighted by molar-refractivity contribution is -0.0163. The van der Waals surface area contributed by atoms with E-state index in [2.05, 4.69) is 80.3 Å². The molecule has 0 bridgehead atoms. The topological polar surface area (TPSA) is 46.6 Å². The summed E-state index contributed by atoms with van der Waals surface area (Å²) in [6, 6.07) is 32.9. The first-order chi connectivity index (χ1) is 23.0. The molecule has 244 valence electrons. The first-order valence-corrected chi connectivity index (χ1v) is 17.8. The molecule has 1 aliphatic heterocycles. The average molecular weight is 628 g/mol. The van der Waals surface area contributed by atoms with Crippen LogP contribution in [0.1, 0.15) is 109 Å². The summed E-state index contributed by atoms with van der Waals surface area (Å²) in [7, 11) is 0. The van der Waals surface area contributed by atoms with Gasteiger partial charge in [0.25, 0.3) is 0 Å². The zero-order chi connectivity index (χ0) is 32.9. The van der Waals surface area contributed by atoms with Gasteiger partial charge in [-0.1, -0.05) is 131 Å². The Morgan fingerprint density at radius 1 is 0.702 bits per heavy atom. The molecule has 0 radical (unpaired) electrons. The number of unbranched alkanes of at least 4 members (excludes halogenated alkanes) is 2. The van der Waals surface area contributed by atoms with Gasteiger partial charge in [-0.25, -0.2) is 0 Å². The van der Waals surface area contributed by atoms with Crippen LogP contribution in [0.4, 0.5) is 0 Å². The van der Waals surface area contributed by atoms with Gasteiger partial charge in [0.05, 0.1) is 18.8 Å². The Balaban J connectivity index is 1.47. The van der Waals surface area contributed by atoms with Crippen molar-refractivity contribution in [3.05, 3.63) is 130 Å². The highest BCUT2D eigenvalue weighted by atomic mass is 16.5. The minimum absolute atomic E-state index is 0.0549. The maximum Gasteiger partial charge on any atom is 0.193 e. The van der Waals surface area contributed by atoms with Crippen molar-refractivity contribution in [2.75, 3.05) is 26.3 Å². The van der Waals surface area contributed by atoms with Gasteiger partial charge in [0.15, 0.2) is 11.6 Å². The van der Waals surface area contributed by atoms with Gasteiger partial charge in [0.1, 0.15) is 0 Å². The van der Waals surface area contributed by atoms with Crippen LogP contribution in [0.15, 0.2) is 97.1 Å². The van der Waals surface area contributed by atoms with Gasteiger partial charge >= 0.3 is 0 Å². The molecule has 4 heteroatoms. The van der Waals surface area contributed by atoms with Crippen molar-refractivity contribution in [1.82, 2.24) is 4.90 Å². The molecule has 1 atom stereocenters. The van der Waals surface area contributed by atoms with Crippen LogP contribution in [-0.4, -0.2) is 48.3 Å². The van der Waals surface area contributed by atoms with Gasteiger partial charge in [-0.3, -0.25) is 14.5 Å². The summed E-state index contributed by atoms with van der Waals surface area (Å²) in [4.78, 5) is 31.2. The summed E-state index contributed by atoms with van der Waals surface area (Å²) in [5, 5.41) is 0. The summed E-state index contributed by atoms with van der Waals surface area (Å²) in [5.41, 5.74) is 7.43. The normalized spacial score (nSPS) is 16.7. The minimum Gasteiger partial charge on any atom is -0.379 e. The minimum atomic E-state index is -0.657. The van der Waals surface area contributed by atoms with Crippen molar-refractivity contribution < 1.29 is 14.3 Å². The van der Waals surface area contributed by atoms with E-state index in [1.54, 1.807) is 0 Å². The summed E-state index contributed by atoms with van der Waals surface area (Å²) < 4.78 is 5.75. The third kappa shape index (κ3) is 6.26. The predicted octanol–water partition coefficient (Wildman–Crippen LogP) is 9.47. The molecule has 1 unspecified atom stereocenters. The molecule has 6 rings (SSSR count). The number of hydrogen-bond acceptors (Lipinski definition) is 4. The molecule has 1 aliphatic carbocycles. The molecule has 0 aromatic heterocycles. The van der Waals surface area contributed by atoms with Gasteiger partial charge in [-0.2, -0.15) is 0 Å². The summed E-state index contributed by atoms with van der Waals surface area (Å²) >= 11 is 0. The predicted molar refractivity (Wildman–Crippen MR) is 191 cm³/mol. The summed E-state index contributed by atoms with van der Waals surface area (Å²) in [6.45, 7) is 9.45. The van der Waals surface area contributed by atoms with Crippen molar-refractivity contribution in [2.24, 2.45) is 0 Å². The maximum atomic E-state index is 15.1. The zero-order valence-corrected chi connectivity index (χ0v) is 28.4. The molecule has 2 aliphatic rings. The van der Waals surface area contributed by atoms with Crippen molar-refractivity contribution in [1.29, 1.82) is 0 Å². The highest BCUT2D eigenvalue weighted by Crippen LogP contribution is 2.55. The largest absolute Gasteiger partial charge is 0.379 e. The molecule has 4 nitrogen and oxygen atoms in total. The number of ketones is 2. The second kappa shape index (κ2) is 14.5. The number of ether oxygens (including phenoxy) is 1. The number of fused-ring (bicyclic) bond motifs is 3. The first kappa shape index (κ1) is 33.1. The molecule has 4 aromatic carbocycles. The Labute approximate surface area is 281 Å². The molecule has 0 spiro atoms. The molecule has 1 fully saturated rings. The SMILES string of the molecule is CCCCC1(CCCC)c2cc(C(=O)c3ccccc3)ccc2-c2ccc(C(=O)C(CC)(Cc3ccccc3)N3CCOCC3)cc21. The number of morpholine rings is 1. The van der Waals surface area contributed by atoms with Crippen LogP contribution in [-0.2, 0) is 16.6 Å². The fraction of sp³-hybridized carbons (Fsp3) is 0.395. The summed E-state index contributed by atoms with van der Waals surface area (Å²) in [6.07, 6.45) is 7.73. The molecule has 1 saturated heterocycles. The second-order valence-corrected chi connectivity index (χ2v) is 13.5. The van der Waals surface area contributed by atoms with E-state index in [-0.39, 0.29) is 17.0 Å². The highest BCUT2D eigenvalue weighted by molar-refractivity contribution is 6.10. The van der Waals surface area contributed by atoms with Crippen molar-refractivity contribution in [3.63, 3.8) is 0 Å². The number of hydrogen-bond donors (Lipinski definition) is 0. The lowest BCUT2D eigenvalue weighted by Crippen LogP contribution is -2.59. The number of nitrogens with zero attached hydrogens (tertiary/aromatic N) is 1. The summed E-state index contributed by atoms with van der Waals surface area (Å²) in [5.74, 6) is 0.253. The van der Waals surface area contributed by atoms with E-state index in [1.807, 2.05) is 42.5 Å². The highest BCUT2D eigenvalue weighted by Gasteiger charge is 2.46. The Morgan fingerprint density at radius 3 is 1.83 bits per heavy atom. The van der Waals surface area contributed by atoms with Crippen LogP contribution in [0.5, 0.6) is 0 Å². The van der Waals surface area contributed by atoms with Crippen LogP contribution in [0.25, 0.3) is 11.1 Å². The van der Waals surface area contributed by atoms with Crippen LogP contribution in [0, 0.1) is 0 Å². The molecule has 0 N–H and O–H groups in total. The van der Waals surface area contributed by atoms with E-state index in [4.69, 9.17) is 4.74 Å². The van der Waals surface area contributed by atoms with Gasteiger partial charge in [0, 0.05) is 35.2 Å². The van der Waals surface area contributed by atoms with Crippen molar-refractivity contribution in [3.8, 4) is 11.1 Å². The molecule has 0 amide bonds. The second-order valence-electron chi connectivity index (χ2n) is 13.5. The van der Waals surface area contributed by atoms with E-state index in [0.29, 0.717) is 25.2 Å². The third-order valence-corrected chi connectivity index (χ3v) is 10.8. The number of rotatable bonds is 14. The Bertz CT molecular complexity index is 1680. The monoisotopic (exact) mass is 627 g/mol. The van der Waals surface area contributed by atoms with Crippen LogP contribution < -0.4 is 0 Å². The van der Waals surface area contributed by atoms with E-state index in [9.17, 15) is 4.79 Å². The number of carbonyl (C=O) groups excluding carboxylic acids is 2. The number of benzene rings is 4. The molecule has 47 heavy (non-hydrogen) atoms. The van der Waals surface area contributed by atoms with Crippen LogP contribution in [0.2, 0.25) is 0 Å². The number of carbonyl (C=O) groups is 2. The van der Waals surface area contributed by atoms with Crippen LogP contribution in [0.3, 0.4) is 0 Å². The molecule has 0 saturated carbocycles. The van der Waals surface area contributed by atoms with Gasteiger partial charge in [-0.05, 0) is 65.6 Å². The van der Waals surface area contributed by atoms with Gasteiger partial charge in [0.2, 0.25) is 0 Å². The zero-order valence-electron chi connectivity index (χ0n) is 28.4. The number of Topliss-reactive ketones (excluding diaryl/α,β-unsaturated/α-hetero) is 1. The van der Waals surface area contributed by atoms with Crippen LogP contribution >= 0.6 is 0 Å². The average Bonchev–Trinajstić information content (AvgIpc) is 3.40. The first-order valence-electron chi connectivity index (χ1n) is 17.8. The third-order valence-electron chi connectivity index (χ3n) is 10.8. The van der Waals surface area contributed by atoms with Gasteiger partial charge < -0.3 is 4.74 Å². The van der Waals surface area contributed by atoms with Crippen molar-refractivity contribution >= 4 is 11.6 Å². The fourth-order valence-electron chi connectivity index (χ4n) is 8.19. The standard InChI is InChI=1S/C43H49NO3/c1-4-7-23-42(24-8-5-2)38-29-34(40(45)33-17-13-10-14-18-33)19-21-36(38)37-22-20-35(30-39(37)42)41(46)43(6-3,44-25-27-47-28-26-44)31-32-15-11-9-12-16-32/h9-22,29-30H,4-8,23-28,31H2,1-3H3. The fourth-order valence-corrected chi connectivity index (χ4v) is 8.19. The molecular formula is C43H49NO3. The molecule has 4 aromatic rings. The van der Waals surface area contributed by atoms with E-state index in [1.165, 1.54) is 27.8 Å². The Morgan fingerprint density at radius 2 is 1.26 bits per heavy atom. The maximum absolute atomic E-state index is 15.1. The van der Waals surface area contributed by atoms with E-state index >= 15 is 4.79 Å².